The number of nitrogens with two attached hydrogens (primary N) is 1. The summed E-state index contributed by atoms with van der Waals surface area (Å²) in [5.41, 5.74) is 5.95. The summed E-state index contributed by atoms with van der Waals surface area (Å²) >= 11 is 0. The number of hydrogen-bond donors (Lipinski definition) is 2. The zero-order valence-corrected chi connectivity index (χ0v) is 17.9. The Hall–Kier alpha value is -1.18. The molecule has 162 valence electrons. The molecule has 0 aromatic heterocycles. The third kappa shape index (κ3) is 8.05. The number of morpholine rings is 1. The molecule has 2 atom stereocenters. The molecule has 1 aliphatic heterocycles. The van der Waals surface area contributed by atoms with Crippen molar-refractivity contribution in [2.24, 2.45) is 11.7 Å². The fourth-order valence-corrected chi connectivity index (χ4v) is 3.87. The van der Waals surface area contributed by atoms with Gasteiger partial charge in [0.15, 0.2) is 0 Å². The van der Waals surface area contributed by atoms with E-state index in [-0.39, 0.29) is 30.1 Å². The van der Waals surface area contributed by atoms with Crippen LogP contribution >= 0.6 is 0 Å². The van der Waals surface area contributed by atoms with E-state index in [4.69, 9.17) is 15.2 Å². The monoisotopic (exact) mass is 397 g/mol. The molecule has 28 heavy (non-hydrogen) atoms. The van der Waals surface area contributed by atoms with E-state index < -0.39 is 6.04 Å². The van der Waals surface area contributed by atoms with Crippen LogP contribution in [0.2, 0.25) is 0 Å². The maximum absolute atomic E-state index is 12.9. The van der Waals surface area contributed by atoms with Gasteiger partial charge in [0, 0.05) is 25.6 Å². The van der Waals surface area contributed by atoms with Crippen molar-refractivity contribution in [2.45, 2.75) is 83.4 Å². The van der Waals surface area contributed by atoms with E-state index in [1.54, 1.807) is 4.90 Å². The summed E-state index contributed by atoms with van der Waals surface area (Å²) in [6.07, 6.45) is 7.12. The number of hydrogen-bond acceptors (Lipinski definition) is 5. The van der Waals surface area contributed by atoms with E-state index in [0.29, 0.717) is 45.1 Å². The van der Waals surface area contributed by atoms with Crippen molar-refractivity contribution in [3.8, 4) is 0 Å². The Morgan fingerprint density at radius 1 is 1.18 bits per heavy atom. The highest BCUT2D eigenvalue weighted by molar-refractivity contribution is 5.87. The molecular weight excluding hydrogens is 358 g/mol. The zero-order chi connectivity index (χ0) is 20.6. The van der Waals surface area contributed by atoms with E-state index in [0.717, 1.165) is 0 Å². The van der Waals surface area contributed by atoms with Crippen molar-refractivity contribution < 1.29 is 19.1 Å². The van der Waals surface area contributed by atoms with Crippen LogP contribution in [0.4, 0.5) is 0 Å². The van der Waals surface area contributed by atoms with E-state index >= 15 is 0 Å². The minimum atomic E-state index is -0.671. The SMILES string of the molecule is CC(C)(C)OC[C@@H](NC(=O)CC[C@H](N)C1CCCCC1)C(=O)N1CCOCC1. The molecule has 2 amide bonds. The van der Waals surface area contributed by atoms with Crippen LogP contribution in [-0.4, -0.2) is 67.3 Å². The summed E-state index contributed by atoms with van der Waals surface area (Å²) in [4.78, 5) is 27.2. The maximum atomic E-state index is 12.9. The minimum absolute atomic E-state index is 0.0604. The molecule has 3 N–H and O–H groups in total. The van der Waals surface area contributed by atoms with Gasteiger partial charge in [0.05, 0.1) is 25.4 Å². The second-order valence-electron chi connectivity index (χ2n) is 9.08. The Balaban J connectivity index is 1.86. The van der Waals surface area contributed by atoms with Crippen LogP contribution < -0.4 is 11.1 Å². The quantitative estimate of drug-likeness (QED) is 0.652. The first kappa shape index (κ1) is 23.1. The molecule has 0 aromatic carbocycles. The van der Waals surface area contributed by atoms with Gasteiger partial charge in [0.1, 0.15) is 6.04 Å². The van der Waals surface area contributed by atoms with E-state index in [1.165, 1.54) is 32.1 Å². The fourth-order valence-electron chi connectivity index (χ4n) is 3.87. The zero-order valence-electron chi connectivity index (χ0n) is 17.9. The van der Waals surface area contributed by atoms with E-state index in [2.05, 4.69) is 5.32 Å². The van der Waals surface area contributed by atoms with Gasteiger partial charge in [-0.3, -0.25) is 9.59 Å². The van der Waals surface area contributed by atoms with Gasteiger partial charge in [0.25, 0.3) is 0 Å². The van der Waals surface area contributed by atoms with Crippen LogP contribution in [0.15, 0.2) is 0 Å². The fraction of sp³-hybridized carbons (Fsp3) is 0.905. The number of rotatable bonds is 8. The lowest BCUT2D eigenvalue weighted by Gasteiger charge is -2.32. The highest BCUT2D eigenvalue weighted by Gasteiger charge is 2.29. The molecule has 0 bridgehead atoms. The summed E-state index contributed by atoms with van der Waals surface area (Å²) < 4.78 is 11.1. The molecule has 0 aromatic rings. The van der Waals surface area contributed by atoms with Crippen LogP contribution in [0.1, 0.15) is 65.7 Å². The standard InChI is InChI=1S/C21H39N3O4/c1-21(2,3)28-15-18(20(26)24-11-13-27-14-12-24)23-19(25)10-9-17(22)16-7-5-4-6-8-16/h16-18H,4-15,22H2,1-3H3,(H,23,25)/t17-,18+/m0/s1. The van der Waals surface area contributed by atoms with Gasteiger partial charge in [-0.05, 0) is 46.0 Å². The smallest absolute Gasteiger partial charge is 0.247 e. The summed E-state index contributed by atoms with van der Waals surface area (Å²) in [6.45, 7) is 8.14. The average molecular weight is 398 g/mol. The molecule has 2 aliphatic rings. The van der Waals surface area contributed by atoms with Gasteiger partial charge in [-0.1, -0.05) is 19.3 Å². The number of carbonyl (C=O) groups is 2. The van der Waals surface area contributed by atoms with Gasteiger partial charge in [-0.15, -0.1) is 0 Å². The molecule has 1 saturated heterocycles. The average Bonchev–Trinajstić information content (AvgIpc) is 2.69. The number of nitrogens with one attached hydrogen (secondary N) is 1. The molecule has 2 rings (SSSR count). The first-order valence-corrected chi connectivity index (χ1v) is 10.8. The molecule has 2 fully saturated rings. The lowest BCUT2D eigenvalue weighted by atomic mass is 9.82. The Morgan fingerprint density at radius 2 is 1.82 bits per heavy atom. The molecule has 1 aliphatic carbocycles. The molecule has 1 saturated carbocycles. The van der Waals surface area contributed by atoms with Gasteiger partial charge >= 0.3 is 0 Å². The third-order valence-corrected chi connectivity index (χ3v) is 5.60. The number of ether oxygens (including phenoxy) is 2. The molecular formula is C21H39N3O4. The van der Waals surface area contributed by atoms with Crippen molar-refractivity contribution in [1.82, 2.24) is 10.2 Å². The summed E-state index contributed by atoms with van der Waals surface area (Å²) in [5.74, 6) is 0.296. The van der Waals surface area contributed by atoms with Crippen molar-refractivity contribution in [3.63, 3.8) is 0 Å². The molecule has 7 nitrogen and oxygen atoms in total. The number of amides is 2. The normalized spacial score (nSPS) is 21.2. The Kier molecular flexibility index (Phi) is 9.18. The molecule has 0 unspecified atom stereocenters. The van der Waals surface area contributed by atoms with E-state index in [1.807, 2.05) is 20.8 Å². The van der Waals surface area contributed by atoms with Crippen LogP contribution in [0.3, 0.4) is 0 Å². The summed E-state index contributed by atoms with van der Waals surface area (Å²) in [7, 11) is 0. The van der Waals surface area contributed by atoms with Crippen LogP contribution in [0, 0.1) is 5.92 Å². The lowest BCUT2D eigenvalue weighted by molar-refractivity contribution is -0.143. The van der Waals surface area contributed by atoms with Crippen molar-refractivity contribution in [3.05, 3.63) is 0 Å². The van der Waals surface area contributed by atoms with Gasteiger partial charge in [0.2, 0.25) is 11.8 Å². The van der Waals surface area contributed by atoms with E-state index in [9.17, 15) is 9.59 Å². The van der Waals surface area contributed by atoms with Crippen molar-refractivity contribution >= 4 is 11.8 Å². The van der Waals surface area contributed by atoms with Crippen LogP contribution in [-0.2, 0) is 19.1 Å². The summed E-state index contributed by atoms with van der Waals surface area (Å²) in [6, 6.07) is -0.610. The number of carbonyl (C=O) groups excluding carboxylic acids is 2. The summed E-state index contributed by atoms with van der Waals surface area (Å²) in [5, 5.41) is 2.89. The minimum Gasteiger partial charge on any atom is -0.378 e. The highest BCUT2D eigenvalue weighted by atomic mass is 16.5. The lowest BCUT2D eigenvalue weighted by Crippen LogP contribution is -2.54. The second-order valence-corrected chi connectivity index (χ2v) is 9.08. The maximum Gasteiger partial charge on any atom is 0.247 e. The first-order valence-electron chi connectivity index (χ1n) is 10.8. The first-order chi connectivity index (χ1) is 13.3. The third-order valence-electron chi connectivity index (χ3n) is 5.60. The van der Waals surface area contributed by atoms with Crippen molar-refractivity contribution in [2.75, 3.05) is 32.9 Å². The second kappa shape index (κ2) is 11.1. The van der Waals surface area contributed by atoms with Gasteiger partial charge < -0.3 is 25.4 Å². The Bertz CT molecular complexity index is 494. The molecule has 7 heteroatoms. The predicted octanol–water partition coefficient (Wildman–Crippen LogP) is 1.83. The van der Waals surface area contributed by atoms with Crippen molar-refractivity contribution in [1.29, 1.82) is 0 Å². The Labute approximate surface area is 169 Å². The highest BCUT2D eigenvalue weighted by Crippen LogP contribution is 2.27. The predicted molar refractivity (Wildman–Crippen MR) is 109 cm³/mol. The van der Waals surface area contributed by atoms with Gasteiger partial charge in [-0.2, -0.15) is 0 Å². The Morgan fingerprint density at radius 3 is 2.43 bits per heavy atom. The van der Waals surface area contributed by atoms with Crippen LogP contribution in [0.25, 0.3) is 0 Å². The molecule has 1 heterocycles. The largest absolute Gasteiger partial charge is 0.378 e. The van der Waals surface area contributed by atoms with Gasteiger partial charge in [-0.25, -0.2) is 0 Å². The topological polar surface area (TPSA) is 93.9 Å². The molecule has 0 spiro atoms. The number of nitrogens with zero attached hydrogens (tertiary/aromatic N) is 1. The van der Waals surface area contributed by atoms with Crippen LogP contribution in [0.5, 0.6) is 0 Å². The molecule has 0 radical (unpaired) electrons.